The van der Waals surface area contributed by atoms with Crippen molar-refractivity contribution < 1.29 is 19.0 Å². The molecule has 23 heavy (non-hydrogen) atoms. The molecular weight excluding hydrogens is 320 g/mol. The van der Waals surface area contributed by atoms with Crippen molar-refractivity contribution in [3.8, 4) is 11.5 Å². The SMILES string of the molecule is CC(CNC(=O)OC(C)(C)C)NCc1cc(Cl)c2c(c1)OCO2. The van der Waals surface area contributed by atoms with Crippen LogP contribution in [-0.2, 0) is 11.3 Å². The molecule has 0 saturated heterocycles. The van der Waals surface area contributed by atoms with Crippen LogP contribution in [0.1, 0.15) is 33.3 Å². The Bertz CT molecular complexity index is 572. The second-order valence-corrected chi connectivity index (χ2v) is 6.88. The third-order valence-corrected chi connectivity index (χ3v) is 3.37. The molecule has 2 rings (SSSR count). The van der Waals surface area contributed by atoms with Gasteiger partial charge in [-0.1, -0.05) is 11.6 Å². The van der Waals surface area contributed by atoms with E-state index in [4.69, 9.17) is 25.8 Å². The highest BCUT2D eigenvalue weighted by atomic mass is 35.5. The highest BCUT2D eigenvalue weighted by Crippen LogP contribution is 2.39. The lowest BCUT2D eigenvalue weighted by atomic mass is 10.2. The maximum atomic E-state index is 11.6. The fourth-order valence-electron chi connectivity index (χ4n) is 2.04. The minimum absolute atomic E-state index is 0.0757. The molecule has 6 nitrogen and oxygen atoms in total. The van der Waals surface area contributed by atoms with Crippen LogP contribution in [-0.4, -0.2) is 31.1 Å². The molecule has 1 heterocycles. The summed E-state index contributed by atoms with van der Waals surface area (Å²) in [5, 5.41) is 6.58. The van der Waals surface area contributed by atoms with Crippen molar-refractivity contribution in [3.63, 3.8) is 0 Å². The van der Waals surface area contributed by atoms with Crippen molar-refractivity contribution in [2.45, 2.75) is 45.9 Å². The van der Waals surface area contributed by atoms with Gasteiger partial charge >= 0.3 is 6.09 Å². The van der Waals surface area contributed by atoms with Gasteiger partial charge in [0.05, 0.1) is 5.02 Å². The number of carbonyl (C=O) groups is 1. The molecule has 2 N–H and O–H groups in total. The summed E-state index contributed by atoms with van der Waals surface area (Å²) in [6.07, 6.45) is -0.419. The number of halogens is 1. The molecule has 1 aliphatic heterocycles. The van der Waals surface area contributed by atoms with E-state index in [1.165, 1.54) is 0 Å². The van der Waals surface area contributed by atoms with Crippen molar-refractivity contribution in [2.75, 3.05) is 13.3 Å². The number of hydrogen-bond donors (Lipinski definition) is 2. The number of benzene rings is 1. The normalized spacial score (nSPS) is 14.5. The number of nitrogens with one attached hydrogen (secondary N) is 2. The number of fused-ring (bicyclic) bond motifs is 1. The maximum Gasteiger partial charge on any atom is 0.407 e. The van der Waals surface area contributed by atoms with E-state index in [0.717, 1.165) is 5.56 Å². The fraction of sp³-hybridized carbons (Fsp3) is 0.562. The lowest BCUT2D eigenvalue weighted by Crippen LogP contribution is -2.40. The number of ether oxygens (including phenoxy) is 3. The van der Waals surface area contributed by atoms with Crippen molar-refractivity contribution in [1.82, 2.24) is 10.6 Å². The molecule has 1 atom stereocenters. The Labute approximate surface area is 141 Å². The summed E-state index contributed by atoms with van der Waals surface area (Å²) in [5.74, 6) is 1.25. The molecule has 1 aromatic carbocycles. The standard InChI is InChI=1S/C16H23ClN2O4/c1-10(7-19-15(20)23-16(2,3)4)18-8-11-5-12(17)14-13(6-11)21-9-22-14/h5-6,10,18H,7-9H2,1-4H3,(H,19,20). The van der Waals surface area contributed by atoms with Gasteiger partial charge in [-0.15, -0.1) is 0 Å². The minimum atomic E-state index is -0.496. The molecule has 0 saturated carbocycles. The first-order chi connectivity index (χ1) is 10.7. The quantitative estimate of drug-likeness (QED) is 0.860. The summed E-state index contributed by atoms with van der Waals surface area (Å²) in [4.78, 5) is 11.6. The second kappa shape index (κ2) is 7.27. The average Bonchev–Trinajstić information content (AvgIpc) is 2.90. The van der Waals surface area contributed by atoms with Gasteiger partial charge in [0.25, 0.3) is 0 Å². The number of rotatable bonds is 5. The van der Waals surface area contributed by atoms with Crippen LogP contribution in [0.15, 0.2) is 12.1 Å². The van der Waals surface area contributed by atoms with Gasteiger partial charge in [-0.2, -0.15) is 0 Å². The zero-order valence-corrected chi connectivity index (χ0v) is 14.6. The molecule has 0 aliphatic carbocycles. The fourth-order valence-corrected chi connectivity index (χ4v) is 2.33. The van der Waals surface area contributed by atoms with Crippen molar-refractivity contribution in [1.29, 1.82) is 0 Å². The molecule has 7 heteroatoms. The molecule has 1 aliphatic rings. The van der Waals surface area contributed by atoms with Crippen molar-refractivity contribution in [3.05, 3.63) is 22.7 Å². The van der Waals surface area contributed by atoms with Crippen LogP contribution in [0.2, 0.25) is 5.02 Å². The summed E-state index contributed by atoms with van der Waals surface area (Å²) in [6, 6.07) is 3.82. The lowest BCUT2D eigenvalue weighted by Gasteiger charge is -2.21. The van der Waals surface area contributed by atoms with Gasteiger partial charge in [0.2, 0.25) is 6.79 Å². The Morgan fingerprint density at radius 2 is 2.13 bits per heavy atom. The Hall–Kier alpha value is -1.66. The first kappa shape index (κ1) is 17.7. The van der Waals surface area contributed by atoms with Crippen LogP contribution in [0.5, 0.6) is 11.5 Å². The zero-order chi connectivity index (χ0) is 17.0. The second-order valence-electron chi connectivity index (χ2n) is 6.48. The van der Waals surface area contributed by atoms with E-state index in [1.807, 2.05) is 39.8 Å². The predicted octanol–water partition coefficient (Wildman–Crippen LogP) is 3.07. The van der Waals surface area contributed by atoms with E-state index >= 15 is 0 Å². The van der Waals surface area contributed by atoms with E-state index in [-0.39, 0.29) is 12.8 Å². The van der Waals surface area contributed by atoms with Crippen LogP contribution in [0, 0.1) is 0 Å². The van der Waals surface area contributed by atoms with Crippen LogP contribution in [0.3, 0.4) is 0 Å². The molecule has 128 valence electrons. The van der Waals surface area contributed by atoms with Gasteiger partial charge < -0.3 is 24.8 Å². The maximum absolute atomic E-state index is 11.6. The molecule has 1 unspecified atom stereocenters. The summed E-state index contributed by atoms with van der Waals surface area (Å²) < 4.78 is 15.8. The van der Waals surface area contributed by atoms with E-state index in [9.17, 15) is 4.79 Å². The van der Waals surface area contributed by atoms with E-state index < -0.39 is 11.7 Å². The highest BCUT2D eigenvalue weighted by Gasteiger charge is 2.19. The van der Waals surface area contributed by atoms with E-state index in [2.05, 4.69) is 10.6 Å². The number of carbonyl (C=O) groups excluding carboxylic acids is 1. The Kier molecular flexibility index (Phi) is 5.59. The van der Waals surface area contributed by atoms with Crippen molar-refractivity contribution >= 4 is 17.7 Å². The van der Waals surface area contributed by atoms with Gasteiger partial charge in [0.1, 0.15) is 5.60 Å². The van der Waals surface area contributed by atoms with Gasteiger partial charge in [-0.3, -0.25) is 0 Å². The monoisotopic (exact) mass is 342 g/mol. The Balaban J connectivity index is 1.78. The molecule has 0 fully saturated rings. The zero-order valence-electron chi connectivity index (χ0n) is 13.9. The third kappa shape index (κ3) is 5.48. The molecule has 1 amide bonds. The number of hydrogen-bond acceptors (Lipinski definition) is 5. The van der Waals surface area contributed by atoms with Crippen LogP contribution >= 0.6 is 11.6 Å². The Morgan fingerprint density at radius 3 is 2.83 bits per heavy atom. The molecule has 0 aromatic heterocycles. The molecule has 0 bridgehead atoms. The Morgan fingerprint density at radius 1 is 1.39 bits per heavy atom. The highest BCUT2D eigenvalue weighted by molar-refractivity contribution is 6.32. The topological polar surface area (TPSA) is 68.8 Å². The summed E-state index contributed by atoms with van der Waals surface area (Å²) in [5.41, 5.74) is 0.493. The number of alkyl carbamates (subject to hydrolysis) is 1. The molecule has 0 radical (unpaired) electrons. The van der Waals surface area contributed by atoms with E-state index in [1.54, 1.807) is 0 Å². The smallest absolute Gasteiger partial charge is 0.407 e. The largest absolute Gasteiger partial charge is 0.454 e. The number of amides is 1. The van der Waals surface area contributed by atoms with Crippen LogP contribution in [0.4, 0.5) is 4.79 Å². The predicted molar refractivity (Wildman–Crippen MR) is 88.1 cm³/mol. The van der Waals surface area contributed by atoms with Gasteiger partial charge in [0.15, 0.2) is 11.5 Å². The summed E-state index contributed by atoms with van der Waals surface area (Å²) in [7, 11) is 0. The van der Waals surface area contributed by atoms with Gasteiger partial charge in [0, 0.05) is 19.1 Å². The lowest BCUT2D eigenvalue weighted by molar-refractivity contribution is 0.0523. The molecule has 1 aromatic rings. The van der Waals surface area contributed by atoms with Crippen LogP contribution < -0.4 is 20.1 Å². The summed E-state index contributed by atoms with van der Waals surface area (Å²) >= 11 is 6.15. The summed E-state index contributed by atoms with van der Waals surface area (Å²) in [6.45, 7) is 8.74. The third-order valence-electron chi connectivity index (χ3n) is 3.09. The van der Waals surface area contributed by atoms with E-state index in [0.29, 0.717) is 29.6 Å². The molecular formula is C16H23ClN2O4. The molecule has 0 spiro atoms. The first-order valence-electron chi connectivity index (χ1n) is 7.53. The first-order valence-corrected chi connectivity index (χ1v) is 7.90. The average molecular weight is 343 g/mol. The van der Waals surface area contributed by atoms with Gasteiger partial charge in [-0.25, -0.2) is 4.79 Å². The van der Waals surface area contributed by atoms with Crippen molar-refractivity contribution in [2.24, 2.45) is 0 Å². The minimum Gasteiger partial charge on any atom is -0.454 e. The van der Waals surface area contributed by atoms with Crippen LogP contribution in [0.25, 0.3) is 0 Å². The van der Waals surface area contributed by atoms with Gasteiger partial charge in [-0.05, 0) is 45.4 Å².